The Balaban J connectivity index is 1.97. The molecule has 20 heavy (non-hydrogen) atoms. The number of nitrogens with zero attached hydrogens (tertiary/aromatic N) is 2. The summed E-state index contributed by atoms with van der Waals surface area (Å²) in [6.07, 6.45) is 3.22. The Labute approximate surface area is 121 Å². The van der Waals surface area contributed by atoms with Crippen molar-refractivity contribution in [2.45, 2.75) is 38.8 Å². The normalized spacial score (nSPS) is 16.0. The predicted octanol–water partition coefficient (Wildman–Crippen LogP) is 1.29. The molecule has 1 unspecified atom stereocenters. The molecule has 1 aliphatic rings. The highest BCUT2D eigenvalue weighted by atomic mass is 32.1. The van der Waals surface area contributed by atoms with Crippen molar-refractivity contribution in [2.24, 2.45) is 0 Å². The van der Waals surface area contributed by atoms with E-state index in [0.29, 0.717) is 12.4 Å². The largest absolute Gasteiger partial charge is 0.395 e. The molecular formula is C14H19N3O2S. The summed E-state index contributed by atoms with van der Waals surface area (Å²) in [6, 6.07) is 0.0457. The lowest BCUT2D eigenvalue weighted by atomic mass is 10.2. The van der Waals surface area contributed by atoms with Gasteiger partial charge in [-0.2, -0.15) is 0 Å². The van der Waals surface area contributed by atoms with E-state index in [1.165, 1.54) is 10.4 Å². The molecule has 0 saturated carbocycles. The van der Waals surface area contributed by atoms with Gasteiger partial charge in [-0.3, -0.25) is 9.69 Å². The van der Waals surface area contributed by atoms with Crippen molar-refractivity contribution in [3.63, 3.8) is 0 Å². The summed E-state index contributed by atoms with van der Waals surface area (Å²) in [5, 5.41) is 9.95. The highest BCUT2D eigenvalue weighted by molar-refractivity contribution is 7.18. The van der Waals surface area contributed by atoms with Gasteiger partial charge < -0.3 is 10.1 Å². The lowest BCUT2D eigenvalue weighted by Crippen LogP contribution is -2.32. The van der Waals surface area contributed by atoms with Gasteiger partial charge in [-0.1, -0.05) is 0 Å². The summed E-state index contributed by atoms with van der Waals surface area (Å²) in [7, 11) is 1.92. The molecular weight excluding hydrogens is 274 g/mol. The average Bonchev–Trinajstić information content (AvgIpc) is 2.97. The quantitative estimate of drug-likeness (QED) is 0.891. The van der Waals surface area contributed by atoms with Gasteiger partial charge in [-0.25, -0.2) is 4.98 Å². The Hall–Kier alpha value is -1.24. The first kappa shape index (κ1) is 13.7. The van der Waals surface area contributed by atoms with E-state index in [0.717, 1.165) is 29.5 Å². The zero-order chi connectivity index (χ0) is 14.3. The number of likely N-dealkylation sites (N-methyl/N-ethyl adjacent to an activating group) is 1. The molecule has 0 aromatic carbocycles. The van der Waals surface area contributed by atoms with Crippen LogP contribution in [0.1, 0.15) is 29.6 Å². The van der Waals surface area contributed by atoms with E-state index >= 15 is 0 Å². The van der Waals surface area contributed by atoms with E-state index in [9.17, 15) is 4.79 Å². The summed E-state index contributed by atoms with van der Waals surface area (Å²) in [4.78, 5) is 23.9. The number of rotatable bonds is 4. The number of nitrogens with one attached hydrogen (secondary N) is 1. The molecule has 5 nitrogen and oxygen atoms in total. The first-order chi connectivity index (χ1) is 9.60. The zero-order valence-electron chi connectivity index (χ0n) is 11.8. The summed E-state index contributed by atoms with van der Waals surface area (Å²) < 4.78 is 0. The van der Waals surface area contributed by atoms with E-state index in [-0.39, 0.29) is 18.2 Å². The maximum absolute atomic E-state index is 12.3. The minimum absolute atomic E-state index is 0.0190. The van der Waals surface area contributed by atoms with Crippen LogP contribution in [0.25, 0.3) is 10.2 Å². The number of H-pyrrole nitrogens is 1. The lowest BCUT2D eigenvalue weighted by molar-refractivity contribution is 0.151. The van der Waals surface area contributed by atoms with Gasteiger partial charge in [-0.15, -0.1) is 11.3 Å². The Kier molecular flexibility index (Phi) is 3.62. The van der Waals surface area contributed by atoms with Crippen molar-refractivity contribution in [2.75, 3.05) is 13.7 Å². The third-order valence-electron chi connectivity index (χ3n) is 4.04. The maximum Gasteiger partial charge on any atom is 0.259 e. The van der Waals surface area contributed by atoms with Crippen LogP contribution in [0.4, 0.5) is 0 Å². The Morgan fingerprint density at radius 1 is 1.50 bits per heavy atom. The second-order valence-corrected chi connectivity index (χ2v) is 6.58. The van der Waals surface area contributed by atoms with Crippen LogP contribution in [-0.2, 0) is 19.4 Å². The summed E-state index contributed by atoms with van der Waals surface area (Å²) in [5.74, 6) is 0.672. The van der Waals surface area contributed by atoms with Crippen molar-refractivity contribution in [1.82, 2.24) is 14.9 Å². The van der Waals surface area contributed by atoms with Gasteiger partial charge in [0.15, 0.2) is 0 Å². The molecule has 0 saturated heterocycles. The molecule has 0 aliphatic heterocycles. The van der Waals surface area contributed by atoms with E-state index in [2.05, 4.69) is 9.97 Å². The molecule has 0 fully saturated rings. The molecule has 3 rings (SSSR count). The van der Waals surface area contributed by atoms with Crippen LogP contribution in [0.2, 0.25) is 0 Å². The molecule has 2 heterocycles. The fourth-order valence-electron chi connectivity index (χ4n) is 2.65. The number of aromatic nitrogens is 2. The number of aryl methyl sites for hydroxylation is 2. The van der Waals surface area contributed by atoms with E-state index < -0.39 is 0 Å². The molecule has 2 aromatic heterocycles. The van der Waals surface area contributed by atoms with Gasteiger partial charge in [0.05, 0.1) is 18.5 Å². The van der Waals surface area contributed by atoms with Gasteiger partial charge in [0, 0.05) is 10.9 Å². The van der Waals surface area contributed by atoms with Crippen molar-refractivity contribution < 1.29 is 5.11 Å². The molecule has 108 valence electrons. The molecule has 0 spiro atoms. The van der Waals surface area contributed by atoms with Gasteiger partial charge in [0.25, 0.3) is 5.56 Å². The third kappa shape index (κ3) is 2.28. The number of aliphatic hydroxyl groups excluding tert-OH is 1. The van der Waals surface area contributed by atoms with Crippen molar-refractivity contribution >= 4 is 21.6 Å². The van der Waals surface area contributed by atoms with Crippen LogP contribution in [0, 0.1) is 0 Å². The molecule has 1 atom stereocenters. The second-order valence-electron chi connectivity index (χ2n) is 5.50. The molecule has 2 aromatic rings. The Bertz CT molecular complexity index is 692. The number of fused-ring (bicyclic) bond motifs is 3. The predicted molar refractivity (Wildman–Crippen MR) is 80.3 cm³/mol. The number of hydrogen-bond acceptors (Lipinski definition) is 5. The first-order valence-corrected chi connectivity index (χ1v) is 7.76. The maximum atomic E-state index is 12.3. The SMILES string of the molecule is CC(CO)N(C)Cc1nc2sc3c(c2c(=O)[nH]1)CCC3. The van der Waals surface area contributed by atoms with E-state index in [1.54, 1.807) is 11.3 Å². The van der Waals surface area contributed by atoms with E-state index in [4.69, 9.17) is 5.11 Å². The smallest absolute Gasteiger partial charge is 0.259 e. The Morgan fingerprint density at radius 3 is 3.05 bits per heavy atom. The summed E-state index contributed by atoms with van der Waals surface area (Å²) >= 11 is 1.66. The molecule has 0 radical (unpaired) electrons. The number of hydrogen-bond donors (Lipinski definition) is 2. The van der Waals surface area contributed by atoms with Gasteiger partial charge in [0.1, 0.15) is 10.7 Å². The second kappa shape index (κ2) is 5.27. The highest BCUT2D eigenvalue weighted by Gasteiger charge is 2.21. The number of aromatic amines is 1. The topological polar surface area (TPSA) is 69.2 Å². The molecule has 0 bridgehead atoms. The fraction of sp³-hybridized carbons (Fsp3) is 0.571. The van der Waals surface area contributed by atoms with Crippen LogP contribution in [0.15, 0.2) is 4.79 Å². The monoisotopic (exact) mass is 293 g/mol. The third-order valence-corrected chi connectivity index (χ3v) is 5.23. The highest BCUT2D eigenvalue weighted by Crippen LogP contribution is 2.34. The molecule has 2 N–H and O–H groups in total. The fourth-order valence-corrected chi connectivity index (χ4v) is 3.93. The van der Waals surface area contributed by atoms with Crippen LogP contribution >= 0.6 is 11.3 Å². The number of aliphatic hydroxyl groups is 1. The van der Waals surface area contributed by atoms with Crippen molar-refractivity contribution in [1.29, 1.82) is 0 Å². The lowest BCUT2D eigenvalue weighted by Gasteiger charge is -2.21. The van der Waals surface area contributed by atoms with Gasteiger partial charge in [0.2, 0.25) is 0 Å². The van der Waals surface area contributed by atoms with Gasteiger partial charge in [-0.05, 0) is 38.8 Å². The van der Waals surface area contributed by atoms with Crippen LogP contribution in [0.5, 0.6) is 0 Å². The van der Waals surface area contributed by atoms with Gasteiger partial charge >= 0.3 is 0 Å². The summed E-state index contributed by atoms with van der Waals surface area (Å²) in [5.41, 5.74) is 1.19. The molecule has 1 aliphatic carbocycles. The first-order valence-electron chi connectivity index (χ1n) is 6.94. The van der Waals surface area contributed by atoms with Crippen LogP contribution in [-0.4, -0.2) is 39.7 Å². The van der Waals surface area contributed by atoms with Crippen molar-refractivity contribution in [3.05, 3.63) is 26.6 Å². The van der Waals surface area contributed by atoms with Crippen LogP contribution < -0.4 is 5.56 Å². The zero-order valence-corrected chi connectivity index (χ0v) is 12.6. The minimum atomic E-state index is -0.0190. The van der Waals surface area contributed by atoms with Crippen molar-refractivity contribution in [3.8, 4) is 0 Å². The number of thiophene rings is 1. The summed E-state index contributed by atoms with van der Waals surface area (Å²) in [6.45, 7) is 2.57. The van der Waals surface area contributed by atoms with E-state index in [1.807, 2.05) is 18.9 Å². The van der Waals surface area contributed by atoms with Crippen LogP contribution in [0.3, 0.4) is 0 Å². The standard InChI is InChI=1S/C14H19N3O2S/c1-8(7-18)17(2)6-11-15-13(19)12-9-4-3-5-10(9)20-14(12)16-11/h8,18H,3-7H2,1-2H3,(H,15,16,19). The average molecular weight is 293 g/mol. The molecule has 0 amide bonds. The minimum Gasteiger partial charge on any atom is -0.395 e. The Morgan fingerprint density at radius 2 is 2.30 bits per heavy atom. The molecule has 6 heteroatoms.